The third-order valence-electron chi connectivity index (χ3n) is 2.37. The van der Waals surface area contributed by atoms with Crippen molar-refractivity contribution < 1.29 is 4.74 Å². The van der Waals surface area contributed by atoms with Gasteiger partial charge in [0.25, 0.3) is 0 Å². The van der Waals surface area contributed by atoms with Gasteiger partial charge in [0.15, 0.2) is 5.13 Å². The van der Waals surface area contributed by atoms with Crippen LogP contribution in [0.3, 0.4) is 0 Å². The van der Waals surface area contributed by atoms with Gasteiger partial charge in [-0.3, -0.25) is 0 Å². The number of aromatic nitrogens is 1. The summed E-state index contributed by atoms with van der Waals surface area (Å²) in [5, 5.41) is 0.640. The number of nitrogens with zero attached hydrogens (tertiary/aromatic N) is 1. The van der Waals surface area contributed by atoms with E-state index in [1.807, 2.05) is 26.0 Å². The molecule has 3 nitrogen and oxygen atoms in total. The predicted octanol–water partition coefficient (Wildman–Crippen LogP) is 3.72. The number of thiazole rings is 1. The van der Waals surface area contributed by atoms with Crippen LogP contribution < -0.4 is 10.5 Å². The maximum atomic E-state index is 5.68. The Morgan fingerprint density at radius 1 is 1.33 bits per heavy atom. The SMILES string of the molecule is CCOc1ccc(CSc2sc(N)nc2C)cc1. The molecule has 0 saturated carbocycles. The average molecular weight is 280 g/mol. The smallest absolute Gasteiger partial charge is 0.181 e. The van der Waals surface area contributed by atoms with Crippen molar-refractivity contribution in [2.75, 3.05) is 12.3 Å². The highest BCUT2D eigenvalue weighted by Crippen LogP contribution is 2.32. The quantitative estimate of drug-likeness (QED) is 0.848. The van der Waals surface area contributed by atoms with Gasteiger partial charge in [0, 0.05) is 5.75 Å². The summed E-state index contributed by atoms with van der Waals surface area (Å²) in [4.78, 5) is 4.22. The van der Waals surface area contributed by atoms with E-state index in [1.165, 1.54) is 9.77 Å². The molecule has 0 aliphatic carbocycles. The van der Waals surface area contributed by atoms with Crippen molar-refractivity contribution in [3.63, 3.8) is 0 Å². The van der Waals surface area contributed by atoms with Crippen LogP contribution in [0.25, 0.3) is 0 Å². The second-order valence-electron chi connectivity index (χ2n) is 3.79. The van der Waals surface area contributed by atoms with Crippen LogP contribution in [-0.4, -0.2) is 11.6 Å². The van der Waals surface area contributed by atoms with Crippen LogP contribution in [0.5, 0.6) is 5.75 Å². The molecule has 5 heteroatoms. The van der Waals surface area contributed by atoms with Crippen LogP contribution >= 0.6 is 23.1 Å². The van der Waals surface area contributed by atoms with E-state index in [4.69, 9.17) is 10.5 Å². The lowest BCUT2D eigenvalue weighted by Crippen LogP contribution is -1.91. The van der Waals surface area contributed by atoms with Crippen molar-refractivity contribution in [2.45, 2.75) is 23.8 Å². The standard InChI is InChI=1S/C13H16N2OS2/c1-3-16-11-6-4-10(5-7-11)8-17-12-9(2)15-13(14)18-12/h4-7H,3,8H2,1-2H3,(H2,14,15). The second-order valence-corrected chi connectivity index (χ2v) is 6.07. The zero-order valence-electron chi connectivity index (χ0n) is 10.5. The first-order valence-corrected chi connectivity index (χ1v) is 7.56. The van der Waals surface area contributed by atoms with Crippen LogP contribution in [0.1, 0.15) is 18.2 Å². The van der Waals surface area contributed by atoms with Gasteiger partial charge in [-0.15, -0.1) is 11.8 Å². The molecule has 1 heterocycles. The van der Waals surface area contributed by atoms with Gasteiger partial charge in [-0.05, 0) is 31.5 Å². The lowest BCUT2D eigenvalue weighted by Gasteiger charge is -2.04. The number of nitrogens with two attached hydrogens (primary N) is 1. The topological polar surface area (TPSA) is 48.1 Å². The fourth-order valence-electron chi connectivity index (χ4n) is 1.53. The van der Waals surface area contributed by atoms with Crippen LogP contribution in [0.4, 0.5) is 5.13 Å². The van der Waals surface area contributed by atoms with E-state index in [0.717, 1.165) is 17.2 Å². The predicted molar refractivity (Wildman–Crippen MR) is 78.4 cm³/mol. The Morgan fingerprint density at radius 2 is 2.06 bits per heavy atom. The number of benzene rings is 1. The van der Waals surface area contributed by atoms with Crippen molar-refractivity contribution in [1.29, 1.82) is 0 Å². The molecule has 0 atom stereocenters. The van der Waals surface area contributed by atoms with Gasteiger partial charge in [-0.2, -0.15) is 0 Å². The van der Waals surface area contributed by atoms with Crippen molar-refractivity contribution in [1.82, 2.24) is 4.98 Å². The fraction of sp³-hybridized carbons (Fsp3) is 0.308. The molecule has 0 fully saturated rings. The summed E-state index contributed by atoms with van der Waals surface area (Å²) >= 11 is 3.33. The molecule has 96 valence electrons. The summed E-state index contributed by atoms with van der Waals surface area (Å²) in [5.74, 6) is 1.85. The maximum absolute atomic E-state index is 5.68. The van der Waals surface area contributed by atoms with Crippen LogP contribution in [-0.2, 0) is 5.75 Å². The first-order valence-electron chi connectivity index (χ1n) is 5.76. The van der Waals surface area contributed by atoms with E-state index < -0.39 is 0 Å². The minimum atomic E-state index is 0.640. The summed E-state index contributed by atoms with van der Waals surface area (Å²) in [5.41, 5.74) is 7.97. The lowest BCUT2D eigenvalue weighted by atomic mass is 10.2. The van der Waals surface area contributed by atoms with E-state index in [1.54, 1.807) is 23.1 Å². The summed E-state index contributed by atoms with van der Waals surface area (Å²) in [6.45, 7) is 4.68. The van der Waals surface area contributed by atoms with Gasteiger partial charge in [-0.1, -0.05) is 23.5 Å². The van der Waals surface area contributed by atoms with Crippen LogP contribution in [0.15, 0.2) is 28.5 Å². The van der Waals surface area contributed by atoms with E-state index in [0.29, 0.717) is 11.7 Å². The summed E-state index contributed by atoms with van der Waals surface area (Å²) in [6, 6.07) is 8.20. The molecule has 2 N–H and O–H groups in total. The van der Waals surface area contributed by atoms with E-state index >= 15 is 0 Å². The number of hydrogen-bond donors (Lipinski definition) is 1. The summed E-state index contributed by atoms with van der Waals surface area (Å²) in [6.07, 6.45) is 0. The molecule has 2 rings (SSSR count). The highest BCUT2D eigenvalue weighted by molar-refractivity contribution is 8.00. The zero-order chi connectivity index (χ0) is 13.0. The van der Waals surface area contributed by atoms with Gasteiger partial charge in [0.1, 0.15) is 5.75 Å². The Balaban J connectivity index is 1.95. The summed E-state index contributed by atoms with van der Waals surface area (Å²) in [7, 11) is 0. The van der Waals surface area contributed by atoms with Crippen LogP contribution in [0, 0.1) is 6.92 Å². The molecule has 0 saturated heterocycles. The number of thioether (sulfide) groups is 1. The largest absolute Gasteiger partial charge is 0.494 e. The monoisotopic (exact) mass is 280 g/mol. The number of rotatable bonds is 5. The van der Waals surface area contributed by atoms with Gasteiger partial charge >= 0.3 is 0 Å². The van der Waals surface area contributed by atoms with Crippen molar-refractivity contribution in [3.05, 3.63) is 35.5 Å². The van der Waals surface area contributed by atoms with Crippen molar-refractivity contribution >= 4 is 28.2 Å². The number of hydrogen-bond acceptors (Lipinski definition) is 5. The molecule has 0 unspecified atom stereocenters. The Kier molecular flexibility index (Phi) is 4.49. The summed E-state index contributed by atoms with van der Waals surface area (Å²) < 4.78 is 6.61. The zero-order valence-corrected chi connectivity index (χ0v) is 12.1. The molecular weight excluding hydrogens is 264 g/mol. The van der Waals surface area contributed by atoms with Gasteiger partial charge < -0.3 is 10.5 Å². The molecule has 0 amide bonds. The molecule has 0 aliphatic heterocycles. The minimum absolute atomic E-state index is 0.640. The fourth-order valence-corrected chi connectivity index (χ4v) is 3.51. The average Bonchev–Trinajstić information content (AvgIpc) is 2.67. The number of ether oxygens (including phenoxy) is 1. The minimum Gasteiger partial charge on any atom is -0.494 e. The lowest BCUT2D eigenvalue weighted by molar-refractivity contribution is 0.340. The first-order chi connectivity index (χ1) is 8.69. The molecule has 0 radical (unpaired) electrons. The molecule has 18 heavy (non-hydrogen) atoms. The Labute approximate surface area is 115 Å². The van der Waals surface area contributed by atoms with Crippen LogP contribution in [0.2, 0.25) is 0 Å². The first kappa shape index (κ1) is 13.2. The second kappa shape index (κ2) is 6.11. The Morgan fingerprint density at radius 3 is 2.61 bits per heavy atom. The van der Waals surface area contributed by atoms with Crippen molar-refractivity contribution in [2.24, 2.45) is 0 Å². The van der Waals surface area contributed by atoms with Gasteiger partial charge in [-0.25, -0.2) is 4.98 Å². The highest BCUT2D eigenvalue weighted by Gasteiger charge is 2.06. The molecule has 1 aromatic heterocycles. The van der Waals surface area contributed by atoms with Gasteiger partial charge in [0.05, 0.1) is 16.5 Å². The molecule has 0 spiro atoms. The molecular formula is C13H16N2OS2. The normalized spacial score (nSPS) is 10.6. The number of aryl methyl sites for hydroxylation is 1. The highest BCUT2D eigenvalue weighted by atomic mass is 32.2. The third kappa shape index (κ3) is 3.40. The van der Waals surface area contributed by atoms with Gasteiger partial charge in [0.2, 0.25) is 0 Å². The number of anilines is 1. The number of nitrogen functional groups attached to an aromatic ring is 1. The molecule has 2 aromatic rings. The molecule has 1 aromatic carbocycles. The molecule has 0 aliphatic rings. The molecule has 0 bridgehead atoms. The Hall–Kier alpha value is -1.20. The van der Waals surface area contributed by atoms with E-state index in [2.05, 4.69) is 17.1 Å². The van der Waals surface area contributed by atoms with E-state index in [-0.39, 0.29) is 0 Å². The van der Waals surface area contributed by atoms with Crippen molar-refractivity contribution in [3.8, 4) is 5.75 Å². The maximum Gasteiger partial charge on any atom is 0.181 e. The van der Waals surface area contributed by atoms with E-state index in [9.17, 15) is 0 Å². The third-order valence-corrected chi connectivity index (χ3v) is 4.79. The Bertz CT molecular complexity index is 508.